The van der Waals surface area contributed by atoms with Crippen LogP contribution in [-0.2, 0) is 47.9 Å². The fourth-order valence-electron chi connectivity index (χ4n) is 5.96. The molecule has 0 radical (unpaired) electrons. The van der Waals surface area contributed by atoms with Crippen LogP contribution in [0.3, 0.4) is 0 Å². The number of aliphatic carboxylic acids is 2. The Bertz CT molecular complexity index is 1490. The van der Waals surface area contributed by atoms with Gasteiger partial charge in [-0.15, -0.1) is 6.58 Å². The van der Waals surface area contributed by atoms with E-state index >= 15 is 0 Å². The van der Waals surface area contributed by atoms with E-state index in [1.165, 1.54) is 11.0 Å². The van der Waals surface area contributed by atoms with Gasteiger partial charge < -0.3 is 47.0 Å². The summed E-state index contributed by atoms with van der Waals surface area (Å²) in [6.45, 7) is 14.9. The third-order valence-electron chi connectivity index (χ3n) is 8.95. The number of hydrogen-bond acceptors (Lipinski definition) is 10. The minimum Gasteiger partial charge on any atom is -0.481 e. The van der Waals surface area contributed by atoms with E-state index in [0.717, 1.165) is 6.92 Å². The molecule has 19 heteroatoms. The van der Waals surface area contributed by atoms with E-state index in [1.807, 2.05) is 0 Å². The van der Waals surface area contributed by atoms with Gasteiger partial charge in [0.2, 0.25) is 41.2 Å². The highest BCUT2D eigenvalue weighted by atomic mass is 16.4. The number of nitrogens with one attached hydrogen (secondary N) is 6. The van der Waals surface area contributed by atoms with Crippen LogP contribution in [0, 0.1) is 11.3 Å². The molecule has 19 nitrogen and oxygen atoms in total. The lowest BCUT2D eigenvalue weighted by atomic mass is 9.85. The van der Waals surface area contributed by atoms with Gasteiger partial charge in [0.25, 0.3) is 5.91 Å². The Hall–Kier alpha value is -5.36. The van der Waals surface area contributed by atoms with Crippen LogP contribution in [0.4, 0.5) is 0 Å². The molecule has 1 rings (SSSR count). The minimum atomic E-state index is -1.52. The summed E-state index contributed by atoms with van der Waals surface area (Å²) in [6.07, 6.45) is 0.941. The standard InChI is InChI=1S/C37H59N7O12/c1-9-12-22(29(50)35(55)38-18-10-2)40-33(53)25-13-11-19-44(25)36(56)30(37(6,7)8)43-34(54)28(20(3)4)42-32(52)24(15-17-27(48)49)41-31(51)23(39-21(5)45)14-16-26(46)47/h10,20,22-25,28,30H,2,9,11-19H2,1,3-8H3,(H,38,55)(H,39,45)(H,40,53)(H,41,51)(H,42,52)(H,43,54)(H,46,47)(H,48,49). The number of amides is 7. The molecule has 0 aromatic heterocycles. The quantitative estimate of drug-likeness (QED) is 0.0481. The van der Waals surface area contributed by atoms with Crippen LogP contribution in [0.5, 0.6) is 0 Å². The molecular formula is C37H59N7O12. The van der Waals surface area contributed by atoms with E-state index in [2.05, 4.69) is 38.5 Å². The van der Waals surface area contributed by atoms with Gasteiger partial charge >= 0.3 is 11.9 Å². The molecule has 0 aromatic carbocycles. The second-order valence-corrected chi connectivity index (χ2v) is 15.1. The number of ketones is 1. The second kappa shape index (κ2) is 22.9. The Morgan fingerprint density at radius 1 is 0.786 bits per heavy atom. The van der Waals surface area contributed by atoms with Crippen molar-refractivity contribution in [3.8, 4) is 0 Å². The van der Waals surface area contributed by atoms with Crippen molar-refractivity contribution >= 4 is 59.1 Å². The van der Waals surface area contributed by atoms with Crippen LogP contribution in [0.25, 0.3) is 0 Å². The van der Waals surface area contributed by atoms with Gasteiger partial charge in [0.1, 0.15) is 30.2 Å². The molecule has 1 saturated heterocycles. The van der Waals surface area contributed by atoms with E-state index in [1.54, 1.807) is 41.5 Å². The lowest BCUT2D eigenvalue weighted by molar-refractivity contribution is -0.145. The number of likely N-dealkylation sites (tertiary alicyclic amines) is 1. The monoisotopic (exact) mass is 793 g/mol. The van der Waals surface area contributed by atoms with Crippen molar-refractivity contribution in [2.45, 2.75) is 136 Å². The highest BCUT2D eigenvalue weighted by Gasteiger charge is 2.44. The first kappa shape index (κ1) is 48.7. The van der Waals surface area contributed by atoms with Crippen molar-refractivity contribution in [3.05, 3.63) is 12.7 Å². The van der Waals surface area contributed by atoms with Gasteiger partial charge in [0.05, 0.1) is 6.04 Å². The first-order valence-electron chi connectivity index (χ1n) is 18.7. The van der Waals surface area contributed by atoms with Gasteiger partial charge in [-0.05, 0) is 43.4 Å². The lowest BCUT2D eigenvalue weighted by Gasteiger charge is -2.37. The summed E-state index contributed by atoms with van der Waals surface area (Å²) < 4.78 is 0. The van der Waals surface area contributed by atoms with E-state index < -0.39 is 126 Å². The number of Topliss-reactive ketones (excluding diaryl/α,β-unsaturated/α-hetero) is 1. The molecule has 1 aliphatic rings. The SMILES string of the molecule is C=CCNC(=O)C(=O)C(CCC)NC(=O)C1CCCN1C(=O)C(NC(=O)C(NC(=O)C(CCC(=O)O)NC(=O)C(CCC(=O)O)NC(C)=O)C(C)C)C(C)(C)C. The molecule has 1 aliphatic heterocycles. The Labute approximate surface area is 326 Å². The number of carbonyl (C=O) groups excluding carboxylic acids is 8. The molecule has 7 amide bonds. The largest absolute Gasteiger partial charge is 0.481 e. The van der Waals surface area contributed by atoms with E-state index in [0.29, 0.717) is 12.8 Å². The van der Waals surface area contributed by atoms with Gasteiger partial charge in [-0.25, -0.2) is 0 Å². The smallest absolute Gasteiger partial charge is 0.303 e. The van der Waals surface area contributed by atoms with E-state index in [4.69, 9.17) is 5.11 Å². The molecule has 6 unspecified atom stereocenters. The topological polar surface area (TPSA) is 287 Å². The fraction of sp³-hybridized carbons (Fsp3) is 0.676. The number of carboxylic acid groups (broad SMARTS) is 2. The van der Waals surface area contributed by atoms with Crippen molar-refractivity contribution in [3.63, 3.8) is 0 Å². The molecule has 56 heavy (non-hydrogen) atoms. The van der Waals surface area contributed by atoms with Gasteiger partial charge in [-0.3, -0.25) is 47.9 Å². The summed E-state index contributed by atoms with van der Waals surface area (Å²) in [5, 5.41) is 33.3. The van der Waals surface area contributed by atoms with Crippen molar-refractivity contribution < 1.29 is 58.2 Å². The molecule has 8 N–H and O–H groups in total. The maximum absolute atomic E-state index is 14.2. The lowest BCUT2D eigenvalue weighted by Crippen LogP contribution is -2.62. The summed E-state index contributed by atoms with van der Waals surface area (Å²) in [6, 6.07) is -7.56. The maximum Gasteiger partial charge on any atom is 0.303 e. The summed E-state index contributed by atoms with van der Waals surface area (Å²) in [7, 11) is 0. The van der Waals surface area contributed by atoms with Crippen molar-refractivity contribution in [2.75, 3.05) is 13.1 Å². The molecule has 1 heterocycles. The average molecular weight is 794 g/mol. The average Bonchev–Trinajstić information content (AvgIpc) is 3.60. The first-order valence-corrected chi connectivity index (χ1v) is 18.7. The zero-order chi connectivity index (χ0) is 42.9. The molecular weight excluding hydrogens is 734 g/mol. The minimum absolute atomic E-state index is 0.0575. The normalized spacial score (nSPS) is 16.6. The number of carboxylic acids is 2. The fourth-order valence-corrected chi connectivity index (χ4v) is 5.96. The first-order chi connectivity index (χ1) is 26.0. The third-order valence-corrected chi connectivity index (χ3v) is 8.95. The van der Waals surface area contributed by atoms with Gasteiger partial charge in [0.15, 0.2) is 0 Å². The molecule has 0 spiro atoms. The molecule has 6 atom stereocenters. The zero-order valence-electron chi connectivity index (χ0n) is 33.3. The van der Waals surface area contributed by atoms with Crippen LogP contribution in [0.1, 0.15) is 99.8 Å². The third kappa shape index (κ3) is 15.8. The van der Waals surface area contributed by atoms with Crippen LogP contribution in [-0.4, -0.2) is 124 Å². The number of carbonyl (C=O) groups is 10. The highest BCUT2D eigenvalue weighted by Crippen LogP contribution is 2.26. The Morgan fingerprint density at radius 3 is 1.82 bits per heavy atom. The highest BCUT2D eigenvalue weighted by molar-refractivity contribution is 6.38. The Kier molecular flexibility index (Phi) is 19.9. The van der Waals surface area contributed by atoms with Gasteiger partial charge in [-0.2, -0.15) is 0 Å². The van der Waals surface area contributed by atoms with Crippen LogP contribution in [0.15, 0.2) is 12.7 Å². The van der Waals surface area contributed by atoms with Crippen LogP contribution in [0.2, 0.25) is 0 Å². The molecule has 0 saturated carbocycles. The summed E-state index contributed by atoms with van der Waals surface area (Å²) in [5.41, 5.74) is -0.932. The van der Waals surface area contributed by atoms with Gasteiger partial charge in [-0.1, -0.05) is 54.0 Å². The summed E-state index contributed by atoms with van der Waals surface area (Å²) in [5.74, 6) is -9.42. The maximum atomic E-state index is 14.2. The second-order valence-electron chi connectivity index (χ2n) is 15.1. The molecule has 0 aromatic rings. The molecule has 1 fully saturated rings. The molecule has 314 valence electrons. The van der Waals surface area contributed by atoms with E-state index in [9.17, 15) is 53.1 Å². The summed E-state index contributed by atoms with van der Waals surface area (Å²) >= 11 is 0. The van der Waals surface area contributed by atoms with Crippen molar-refractivity contribution in [2.24, 2.45) is 11.3 Å². The predicted molar refractivity (Wildman–Crippen MR) is 201 cm³/mol. The zero-order valence-corrected chi connectivity index (χ0v) is 33.3. The van der Waals surface area contributed by atoms with Crippen molar-refractivity contribution in [1.29, 1.82) is 0 Å². The number of rotatable bonds is 23. The van der Waals surface area contributed by atoms with Crippen LogP contribution < -0.4 is 31.9 Å². The molecule has 0 aliphatic carbocycles. The van der Waals surface area contributed by atoms with E-state index in [-0.39, 0.29) is 32.4 Å². The predicted octanol–water partition coefficient (Wildman–Crippen LogP) is -0.476. The number of nitrogens with zero attached hydrogens (tertiary/aromatic N) is 1. The summed E-state index contributed by atoms with van der Waals surface area (Å²) in [4.78, 5) is 129. The molecule has 0 bridgehead atoms. The number of hydrogen-bond donors (Lipinski definition) is 8. The Morgan fingerprint density at radius 2 is 1.34 bits per heavy atom. The van der Waals surface area contributed by atoms with Gasteiger partial charge in [0, 0.05) is 32.9 Å². The van der Waals surface area contributed by atoms with Crippen molar-refractivity contribution in [1.82, 2.24) is 36.8 Å². The van der Waals surface area contributed by atoms with Crippen LogP contribution >= 0.6 is 0 Å². The Balaban J connectivity index is 3.30.